The standard InChI is InChI=1S/C20H20ClN7O.C13H16Cl2N2O.C6H3Cl2NO.C6H4N6.C6H7N5.H4N2/c1-14-10-17(4-5-18(14)21)26-6-8-27(9-7-26)20(29)13-28-19-11-16(24-25-22)3-2-15(19)12-23-28;1-10-8-11(2-3-12(10)15)16-4-6-17(7-5-16)13(18)9-14;7-5-2-1-4(3-10)6(8)9-5;7-12-10-5-2-1-4-3-8-11-6(4)9-5;7-10-5-2-1-4-3-8-11-6(4)9-5;1-2/h2-5,10-12H,6-9,13H2,1H3;2-3,8H,4-7,9H2,1H3;1-3H;1-3H,(H,8,9,11);1-3H,7H2,(H2,8,9,10,11);1-2H2. The van der Waals surface area contributed by atoms with E-state index < -0.39 is 0 Å². The average Bonchev–Trinajstić information content (AvgIpc) is 4.46. The summed E-state index contributed by atoms with van der Waals surface area (Å²) < 4.78 is 1.66. The predicted octanol–water partition coefficient (Wildman–Crippen LogP) is 9.99. The molecule has 0 aliphatic carbocycles. The average molecular weight is 1210 g/mol. The second-order valence-corrected chi connectivity index (χ2v) is 19.2. The van der Waals surface area contributed by atoms with E-state index in [4.69, 9.17) is 74.9 Å². The molecule has 9 aromatic rings. The van der Waals surface area contributed by atoms with Gasteiger partial charge in [-0.25, -0.2) is 20.8 Å². The summed E-state index contributed by atoms with van der Waals surface area (Å²) in [5.74, 6) is 14.2. The third-order valence-corrected chi connectivity index (χ3v) is 13.9. The Labute approximate surface area is 493 Å². The largest absolute Gasteiger partial charge is 0.368 e. The molecule has 9 N–H and O–H groups in total. The number of carbonyl (C=O) groups is 3. The van der Waals surface area contributed by atoms with E-state index in [2.05, 4.69) is 99.5 Å². The molecule has 6 aromatic heterocycles. The summed E-state index contributed by atoms with van der Waals surface area (Å²) in [6.45, 7) is 10.1. The Bertz CT molecular complexity index is 3700. The molecule has 2 aliphatic heterocycles. The molecule has 3 aromatic carbocycles. The van der Waals surface area contributed by atoms with Crippen LogP contribution in [0.5, 0.6) is 0 Å². The number of nitrogens with two attached hydrogens (primary N) is 3. The van der Waals surface area contributed by atoms with Crippen molar-refractivity contribution in [2.75, 3.05) is 73.5 Å². The molecule has 0 radical (unpaired) electrons. The Morgan fingerprint density at radius 1 is 0.671 bits per heavy atom. The van der Waals surface area contributed by atoms with E-state index in [1.807, 2.05) is 60.0 Å². The number of benzene rings is 3. The Balaban J connectivity index is 0.000000175. The van der Waals surface area contributed by atoms with Crippen LogP contribution in [0.2, 0.25) is 20.4 Å². The molecule has 11 rings (SSSR count). The summed E-state index contributed by atoms with van der Waals surface area (Å²) in [5, 5.41) is 29.1. The van der Waals surface area contributed by atoms with Gasteiger partial charge < -0.3 is 25.0 Å². The highest BCUT2D eigenvalue weighted by molar-refractivity contribution is 6.34. The summed E-state index contributed by atoms with van der Waals surface area (Å²) in [5.41, 5.74) is 26.6. The van der Waals surface area contributed by atoms with Gasteiger partial charge in [-0.3, -0.25) is 40.9 Å². The zero-order valence-electron chi connectivity index (χ0n) is 44.0. The number of carbonyl (C=O) groups excluding carboxylic acids is 3. The number of halogens is 5. The van der Waals surface area contributed by atoms with Gasteiger partial charge in [-0.2, -0.15) is 15.3 Å². The fourth-order valence-electron chi connectivity index (χ4n) is 8.03. The molecule has 31 heteroatoms. The fourth-order valence-corrected chi connectivity index (χ4v) is 8.82. The number of nitrogens with one attached hydrogen (secondary N) is 3. The number of aryl methyl sites for hydroxylation is 2. The molecule has 2 fully saturated rings. The lowest BCUT2D eigenvalue weighted by molar-refractivity contribution is -0.132. The highest BCUT2D eigenvalue weighted by Gasteiger charge is 2.23. The number of aromatic nitrogens is 9. The highest BCUT2D eigenvalue weighted by Crippen LogP contribution is 2.26. The number of fused-ring (bicyclic) bond motifs is 3. The van der Waals surface area contributed by atoms with Crippen molar-refractivity contribution in [2.45, 2.75) is 20.4 Å². The van der Waals surface area contributed by atoms with Gasteiger partial charge in [-0.05, 0) is 120 Å². The van der Waals surface area contributed by atoms with Gasteiger partial charge in [0.2, 0.25) is 11.8 Å². The second kappa shape index (κ2) is 31.5. The fraction of sp³-hybridized carbons (Fsp3) is 0.235. The molecule has 2 amide bonds. The Hall–Kier alpha value is -8.52. The number of pyridine rings is 3. The number of nitrogen functional groups attached to an aromatic ring is 1. The van der Waals surface area contributed by atoms with Crippen LogP contribution in [-0.4, -0.2) is 131 Å². The molecule has 26 nitrogen and oxygen atoms in total. The first-order valence-electron chi connectivity index (χ1n) is 24.6. The molecule has 2 aliphatic rings. The van der Waals surface area contributed by atoms with Crippen LogP contribution in [0.25, 0.3) is 53.9 Å². The maximum Gasteiger partial charge on any atom is 0.244 e. The third kappa shape index (κ3) is 17.5. The number of aromatic amines is 2. The first kappa shape index (κ1) is 62.7. The lowest BCUT2D eigenvalue weighted by Gasteiger charge is -2.36. The number of hydrogen-bond donors (Lipinski definition) is 6. The van der Waals surface area contributed by atoms with Crippen LogP contribution in [-0.2, 0) is 16.1 Å². The molecule has 82 heavy (non-hydrogen) atoms. The quantitative estimate of drug-likeness (QED) is 0.0114. The van der Waals surface area contributed by atoms with Crippen LogP contribution in [0.15, 0.2) is 120 Å². The number of amides is 2. The first-order valence-corrected chi connectivity index (χ1v) is 26.6. The minimum Gasteiger partial charge on any atom is -0.368 e. The minimum atomic E-state index is 0.0172. The maximum absolute atomic E-state index is 12.8. The number of hydrazine groups is 2. The SMILES string of the molecule is Cc1cc(N2CCN(C(=O)CCl)CC2)ccc1Cl.Cc1cc(N2CCN(C(=O)Cn3ncc4ccc(N=[N+]=[N-])cc43)CC2)ccc1Cl.NN.NNc1ccc2cn[nH]c2n1.O=Cc1ccc(Cl)nc1Cl.[N-]=[N+]=Nc1ccc2cn[nH]c2n1. The van der Waals surface area contributed by atoms with Gasteiger partial charge in [-0.1, -0.05) is 63.7 Å². The van der Waals surface area contributed by atoms with Gasteiger partial charge >= 0.3 is 0 Å². The van der Waals surface area contributed by atoms with Crippen molar-refractivity contribution in [1.29, 1.82) is 0 Å². The van der Waals surface area contributed by atoms with Crippen LogP contribution in [0.4, 0.5) is 28.7 Å². The van der Waals surface area contributed by atoms with Gasteiger partial charge in [0.25, 0.3) is 0 Å². The number of piperazine rings is 2. The lowest BCUT2D eigenvalue weighted by atomic mass is 10.2. The molecule has 0 bridgehead atoms. The predicted molar refractivity (Wildman–Crippen MR) is 322 cm³/mol. The first-order chi connectivity index (χ1) is 39.7. The molecule has 0 atom stereocenters. The van der Waals surface area contributed by atoms with E-state index in [0.717, 1.165) is 99.1 Å². The normalized spacial score (nSPS) is 12.5. The molecule has 426 valence electrons. The van der Waals surface area contributed by atoms with E-state index in [-0.39, 0.29) is 34.5 Å². The zero-order chi connectivity index (χ0) is 59.1. The monoisotopic (exact) mass is 1210 g/mol. The van der Waals surface area contributed by atoms with Crippen LogP contribution < -0.4 is 32.8 Å². The summed E-state index contributed by atoms with van der Waals surface area (Å²) in [6, 6.07) is 27.5. The Morgan fingerprint density at radius 2 is 1.22 bits per heavy atom. The van der Waals surface area contributed by atoms with E-state index in [1.54, 1.807) is 53.6 Å². The van der Waals surface area contributed by atoms with Gasteiger partial charge in [0.1, 0.15) is 34.4 Å². The Morgan fingerprint density at radius 3 is 1.74 bits per heavy atom. The number of nitrogens with zero attached hydrogens (tertiary/aromatic N) is 17. The maximum atomic E-state index is 12.8. The molecule has 0 saturated carbocycles. The topological polar surface area (TPSA) is 366 Å². The second-order valence-electron chi connectivity index (χ2n) is 17.4. The Kier molecular flexibility index (Phi) is 24.1. The van der Waals surface area contributed by atoms with Crippen molar-refractivity contribution in [3.63, 3.8) is 0 Å². The zero-order valence-corrected chi connectivity index (χ0v) is 47.8. The van der Waals surface area contributed by atoms with E-state index in [0.29, 0.717) is 47.9 Å². The number of azide groups is 2. The number of H-pyrrole nitrogens is 2. The smallest absolute Gasteiger partial charge is 0.244 e. The summed E-state index contributed by atoms with van der Waals surface area (Å²) in [7, 11) is 0. The van der Waals surface area contributed by atoms with E-state index in [9.17, 15) is 14.4 Å². The van der Waals surface area contributed by atoms with Gasteiger partial charge in [0, 0.05) is 105 Å². The third-order valence-electron chi connectivity index (χ3n) is 12.3. The van der Waals surface area contributed by atoms with Crippen molar-refractivity contribution in [3.8, 4) is 0 Å². The summed E-state index contributed by atoms with van der Waals surface area (Å²) in [6.07, 6.45) is 5.71. The number of alkyl halides is 1. The van der Waals surface area contributed by atoms with Gasteiger partial charge in [0.15, 0.2) is 17.6 Å². The lowest BCUT2D eigenvalue weighted by Crippen LogP contribution is -2.49. The highest BCUT2D eigenvalue weighted by atomic mass is 35.5. The van der Waals surface area contributed by atoms with Crippen molar-refractivity contribution in [1.82, 2.24) is 54.9 Å². The molecule has 0 spiro atoms. The van der Waals surface area contributed by atoms with Gasteiger partial charge in [-0.15, -0.1) is 11.6 Å². The minimum absolute atomic E-state index is 0.0172. The number of anilines is 3. The van der Waals surface area contributed by atoms with Crippen molar-refractivity contribution in [3.05, 3.63) is 168 Å². The number of rotatable bonds is 9. The van der Waals surface area contributed by atoms with Crippen LogP contribution in [0.3, 0.4) is 0 Å². The van der Waals surface area contributed by atoms with Crippen LogP contribution >= 0.6 is 58.0 Å². The van der Waals surface area contributed by atoms with Crippen molar-refractivity contribution < 1.29 is 14.4 Å². The molecular formula is C51H54Cl5N23O3. The van der Waals surface area contributed by atoms with Gasteiger partial charge in [0.05, 0.1) is 29.7 Å². The summed E-state index contributed by atoms with van der Waals surface area (Å²) >= 11 is 28.7. The van der Waals surface area contributed by atoms with Crippen molar-refractivity contribution >= 4 is 138 Å². The molecule has 8 heterocycles. The molecule has 2 saturated heterocycles. The number of aldehydes is 1. The van der Waals surface area contributed by atoms with E-state index >= 15 is 0 Å². The molecule has 0 unspecified atom stereocenters. The van der Waals surface area contributed by atoms with Crippen molar-refractivity contribution in [2.24, 2.45) is 27.8 Å². The molecular weight excluding hydrogens is 1160 g/mol. The van der Waals surface area contributed by atoms with Crippen LogP contribution in [0.1, 0.15) is 21.5 Å². The van der Waals surface area contributed by atoms with E-state index in [1.165, 1.54) is 12.1 Å². The summed E-state index contributed by atoms with van der Waals surface area (Å²) in [4.78, 5) is 59.8. The van der Waals surface area contributed by atoms with Crippen LogP contribution in [0, 0.1) is 13.8 Å². The number of hydrogen-bond acceptors (Lipinski definition) is 17.